The lowest BCUT2D eigenvalue weighted by Gasteiger charge is -2.42. The zero-order valence-electron chi connectivity index (χ0n) is 44.1. The van der Waals surface area contributed by atoms with Crippen LogP contribution in [0.1, 0.15) is 83.8 Å². The molecule has 1 aromatic carbocycles. The first-order chi connectivity index (χ1) is 35.0. The van der Waals surface area contributed by atoms with Gasteiger partial charge in [0, 0.05) is 73.6 Å². The van der Waals surface area contributed by atoms with Gasteiger partial charge in [-0.25, -0.2) is 19.2 Å². The zero-order chi connectivity index (χ0) is 54.5. The van der Waals surface area contributed by atoms with Gasteiger partial charge in [0.1, 0.15) is 60.8 Å². The normalized spacial score (nSPS) is 29.1. The number of esters is 1. The van der Waals surface area contributed by atoms with Gasteiger partial charge in [-0.05, 0) is 69.7 Å². The molecule has 2 fully saturated rings. The number of benzene rings is 1. The lowest BCUT2D eigenvalue weighted by atomic mass is 9.83. The van der Waals surface area contributed by atoms with Crippen LogP contribution in [0.4, 0.5) is 14.4 Å². The summed E-state index contributed by atoms with van der Waals surface area (Å²) in [6, 6.07) is 2.42. The fraction of sp³-hybridized carbons (Fsp3) is 0.635. The maximum absolute atomic E-state index is 14.1. The van der Waals surface area contributed by atoms with E-state index in [0.717, 1.165) is 35.3 Å². The number of halogens is 1. The minimum atomic E-state index is -1.88. The van der Waals surface area contributed by atoms with Gasteiger partial charge in [0.2, 0.25) is 11.8 Å². The summed E-state index contributed by atoms with van der Waals surface area (Å²) >= 11 is 6.76. The van der Waals surface area contributed by atoms with Gasteiger partial charge < -0.3 is 63.0 Å². The number of ketones is 1. The summed E-state index contributed by atoms with van der Waals surface area (Å²) in [7, 11) is 8.78. The topological polar surface area (TPSA) is 251 Å². The van der Waals surface area contributed by atoms with Crippen LogP contribution in [0.5, 0.6) is 5.75 Å². The van der Waals surface area contributed by atoms with Crippen LogP contribution < -0.4 is 15.4 Å². The van der Waals surface area contributed by atoms with Gasteiger partial charge in [-0.2, -0.15) is 0 Å². The lowest BCUT2D eigenvalue weighted by Crippen LogP contribution is -2.63. The molecule has 74 heavy (non-hydrogen) atoms. The van der Waals surface area contributed by atoms with E-state index in [-0.39, 0.29) is 68.7 Å². The molecular formula is C52H74ClN5O16. The molecule has 2 saturated heterocycles. The van der Waals surface area contributed by atoms with Crippen LogP contribution in [-0.4, -0.2) is 184 Å². The summed E-state index contributed by atoms with van der Waals surface area (Å²) in [6.45, 7) is 6.44. The number of epoxide rings is 1. The SMILES string of the molecule is CNC(=O)COC1CCCC/C=C/C1OC(=O)N(C)CCN(C)C(=O)OCCC(=O)N(C)[C@@H](C)C(=O)O[C@H]1CC(=O)Cc2cc(cc(OC)c2Cl)C/C(C)=C/C=C/[C@@H](OC)[C@@]2(O)C[C@H](OC(=O)N2)[C@@H](C)[C@@H]2O[C@@]12C. The third-order valence-corrected chi connectivity index (χ3v) is 14.4. The Balaban J connectivity index is 1.21. The second-order valence-corrected chi connectivity index (χ2v) is 20.0. The average molecular weight is 1060 g/mol. The van der Waals surface area contributed by atoms with E-state index >= 15 is 0 Å². The predicted molar refractivity (Wildman–Crippen MR) is 269 cm³/mol. The summed E-state index contributed by atoms with van der Waals surface area (Å²) in [4.78, 5) is 96.0. The molecule has 1 aromatic rings. The second kappa shape index (κ2) is 26.7. The van der Waals surface area contributed by atoms with Crippen molar-refractivity contribution in [3.63, 3.8) is 0 Å². The minimum Gasteiger partial charge on any atom is -0.495 e. The van der Waals surface area contributed by atoms with Crippen LogP contribution in [0.15, 0.2) is 48.1 Å². The number of allylic oxidation sites excluding steroid dienone is 4. The monoisotopic (exact) mass is 1060 g/mol. The Bertz CT molecular complexity index is 2290. The number of Topliss-reactive ketones (excluding diaryl/α,β-unsaturated/α-hetero) is 1. The number of amides is 5. The van der Waals surface area contributed by atoms with E-state index in [1.54, 1.807) is 38.1 Å². The van der Waals surface area contributed by atoms with E-state index in [9.17, 15) is 38.7 Å². The number of carbonyl (C=O) groups excluding carboxylic acids is 7. The fourth-order valence-corrected chi connectivity index (χ4v) is 9.37. The van der Waals surface area contributed by atoms with Gasteiger partial charge in [-0.3, -0.25) is 19.7 Å². The van der Waals surface area contributed by atoms with Crippen LogP contribution in [0.3, 0.4) is 0 Å². The number of rotatable bonds is 15. The number of nitrogens with one attached hydrogen (secondary N) is 2. The van der Waals surface area contributed by atoms with Crippen molar-refractivity contribution in [3.8, 4) is 5.75 Å². The molecule has 21 nitrogen and oxygen atoms in total. The molecule has 410 valence electrons. The summed E-state index contributed by atoms with van der Waals surface area (Å²) in [6.07, 6.45) is 4.33. The number of alkyl carbamates (subject to hydrolysis) is 1. The van der Waals surface area contributed by atoms with Crippen molar-refractivity contribution in [2.24, 2.45) is 5.92 Å². The minimum absolute atomic E-state index is 0.0617. The summed E-state index contributed by atoms with van der Waals surface area (Å²) < 4.78 is 46.2. The Morgan fingerprint density at radius 1 is 1.01 bits per heavy atom. The molecule has 10 atom stereocenters. The molecule has 0 radical (unpaired) electrons. The molecule has 2 aliphatic heterocycles. The number of carbonyl (C=O) groups is 7. The summed E-state index contributed by atoms with van der Waals surface area (Å²) in [5.74, 6) is -2.27. The zero-order valence-corrected chi connectivity index (χ0v) is 44.9. The number of nitrogens with zero attached hydrogens (tertiary/aromatic N) is 3. The Kier molecular flexibility index (Phi) is 21.3. The van der Waals surface area contributed by atoms with Crippen molar-refractivity contribution in [2.45, 2.75) is 139 Å². The van der Waals surface area contributed by atoms with Gasteiger partial charge in [0.05, 0.1) is 30.8 Å². The van der Waals surface area contributed by atoms with Gasteiger partial charge in [0.15, 0.2) is 5.72 Å². The number of likely N-dealkylation sites (N-methyl/N-ethyl adjacent to an activating group) is 4. The Hall–Kier alpha value is -5.74. The van der Waals surface area contributed by atoms with E-state index in [2.05, 4.69) is 10.6 Å². The van der Waals surface area contributed by atoms with E-state index in [0.29, 0.717) is 24.2 Å². The molecule has 2 heterocycles. The molecule has 22 heteroatoms. The van der Waals surface area contributed by atoms with Gasteiger partial charge in [-0.15, -0.1) is 0 Å². The Morgan fingerprint density at radius 3 is 2.42 bits per heavy atom. The molecule has 0 saturated carbocycles. The van der Waals surface area contributed by atoms with Crippen molar-refractivity contribution < 1.29 is 76.6 Å². The maximum atomic E-state index is 14.1. The van der Waals surface area contributed by atoms with Crippen molar-refractivity contribution in [1.82, 2.24) is 25.3 Å². The molecule has 2 unspecified atom stereocenters. The van der Waals surface area contributed by atoms with Gasteiger partial charge in [-0.1, -0.05) is 60.9 Å². The molecule has 4 bridgehead atoms. The first kappa shape index (κ1) is 59.1. The highest BCUT2D eigenvalue weighted by Crippen LogP contribution is 2.49. The van der Waals surface area contributed by atoms with Crippen molar-refractivity contribution >= 4 is 53.4 Å². The number of hydrogen-bond donors (Lipinski definition) is 3. The fourth-order valence-electron chi connectivity index (χ4n) is 9.12. The number of methoxy groups -OCH3 is 2. The highest BCUT2D eigenvalue weighted by molar-refractivity contribution is 6.33. The highest BCUT2D eigenvalue weighted by atomic mass is 35.5. The van der Waals surface area contributed by atoms with E-state index in [4.69, 9.17) is 49.5 Å². The quantitative estimate of drug-likeness (QED) is 0.0922. The molecule has 4 aliphatic rings. The third-order valence-electron chi connectivity index (χ3n) is 14.0. The number of fused-ring (bicyclic) bond motifs is 5. The Labute approximate surface area is 438 Å². The van der Waals surface area contributed by atoms with Crippen LogP contribution in [0.2, 0.25) is 5.02 Å². The molecular weight excluding hydrogens is 986 g/mol. The number of ether oxygens (including phenoxy) is 8. The first-order valence-corrected chi connectivity index (χ1v) is 25.3. The molecule has 0 spiro atoms. The third kappa shape index (κ3) is 15.7. The molecule has 5 rings (SSSR count). The van der Waals surface area contributed by atoms with Crippen molar-refractivity contribution in [1.29, 1.82) is 0 Å². The predicted octanol–water partition coefficient (Wildman–Crippen LogP) is 4.82. The highest BCUT2D eigenvalue weighted by Gasteiger charge is 2.64. The van der Waals surface area contributed by atoms with Gasteiger partial charge in [0.25, 0.3) is 0 Å². The lowest BCUT2D eigenvalue weighted by molar-refractivity contribution is -0.162. The molecule has 2 aliphatic carbocycles. The molecule has 3 N–H and O–H groups in total. The van der Waals surface area contributed by atoms with Crippen LogP contribution >= 0.6 is 11.6 Å². The van der Waals surface area contributed by atoms with E-state index in [1.165, 1.54) is 59.1 Å². The Morgan fingerprint density at radius 2 is 1.73 bits per heavy atom. The van der Waals surface area contributed by atoms with Crippen LogP contribution in [0.25, 0.3) is 0 Å². The smallest absolute Gasteiger partial charge is 0.410 e. The first-order valence-electron chi connectivity index (χ1n) is 24.9. The second-order valence-electron chi connectivity index (χ2n) is 19.6. The molecule has 0 aromatic heterocycles. The maximum Gasteiger partial charge on any atom is 0.410 e. The van der Waals surface area contributed by atoms with E-state index < -0.39 is 90.1 Å². The largest absolute Gasteiger partial charge is 0.495 e. The van der Waals surface area contributed by atoms with Crippen LogP contribution in [-0.2, 0) is 65.2 Å². The average Bonchev–Trinajstić information content (AvgIpc) is 4.05. The standard InChI is InChI=1S/C52H74ClN5O16/c1-31-16-15-19-41(68-10)52(66)29-40(71-48(63)55-52)32(2)46-51(4,74-46)42(28-36(59)27-35-25-34(24-31)26-39(67-9)45(35)53)73-47(62)33(3)58(8)44(61)20-23-69-49(64)56(6)21-22-57(7)50(65)72-38-18-14-12-11-13-17-37(38)70-30-43(60)54-5/h14-16,18-19,25-26,32-33,37-38,40-42,46,66H,11-13,17,20-24,27-30H2,1-10H3,(H,54,60)(H,55,63)/b18-14+,19-15+,31-16+/t32-,33+,37?,38?,40+,41-,42+,46+,51+,52+/m1/s1. The number of hydrogen-bond acceptors (Lipinski definition) is 16. The number of aliphatic hydroxyl groups is 1. The van der Waals surface area contributed by atoms with Crippen molar-refractivity contribution in [2.75, 3.05) is 68.7 Å². The molecule has 5 amide bonds. The summed E-state index contributed by atoms with van der Waals surface area (Å²) in [5.41, 5.74) is -0.959. The van der Waals surface area contributed by atoms with Crippen molar-refractivity contribution in [3.05, 3.63) is 64.2 Å². The van der Waals surface area contributed by atoms with Gasteiger partial charge >= 0.3 is 24.2 Å². The van der Waals surface area contributed by atoms with Crippen LogP contribution in [0, 0.1) is 5.92 Å². The van der Waals surface area contributed by atoms with E-state index in [1.807, 2.05) is 25.1 Å². The summed E-state index contributed by atoms with van der Waals surface area (Å²) in [5, 5.41) is 17.1.